The molecule has 31 heavy (non-hydrogen) atoms. The normalized spacial score (nSPS) is 12.8. The summed E-state index contributed by atoms with van der Waals surface area (Å²) in [7, 11) is 0. The average molecular weight is 546 g/mol. The van der Waals surface area contributed by atoms with Gasteiger partial charge in [0, 0.05) is 38.4 Å². The maximum absolute atomic E-state index is 13.1. The zero-order valence-electron chi connectivity index (χ0n) is 17.8. The fourth-order valence-electron chi connectivity index (χ4n) is 2.82. The Labute approximate surface area is 207 Å². The Hall–Kier alpha value is -1.21. The molecule has 0 bridgehead atoms. The van der Waals surface area contributed by atoms with Crippen molar-refractivity contribution in [2.24, 2.45) is 0 Å². The second-order valence-corrected chi connectivity index (χ2v) is 10.1. The second-order valence-electron chi connectivity index (χ2n) is 7.33. The first-order chi connectivity index (χ1) is 14.7. The van der Waals surface area contributed by atoms with E-state index in [1.165, 1.54) is 11.8 Å². The molecule has 2 aromatic rings. The molecule has 0 aromatic heterocycles. The number of hydrogen-bond donors (Lipinski definition) is 1. The van der Waals surface area contributed by atoms with Crippen LogP contribution in [0.5, 0.6) is 0 Å². The van der Waals surface area contributed by atoms with Gasteiger partial charge >= 0.3 is 0 Å². The Balaban J connectivity index is 2.14. The number of nitrogens with zero attached hydrogens (tertiary/aromatic N) is 1. The summed E-state index contributed by atoms with van der Waals surface area (Å²) in [5, 5.41) is 3.91. The van der Waals surface area contributed by atoms with Crippen LogP contribution in [-0.2, 0) is 21.9 Å². The minimum Gasteiger partial charge on any atom is -0.352 e. The van der Waals surface area contributed by atoms with Crippen LogP contribution in [-0.4, -0.2) is 34.6 Å². The van der Waals surface area contributed by atoms with Crippen LogP contribution in [0.25, 0.3) is 0 Å². The topological polar surface area (TPSA) is 49.4 Å². The Morgan fingerprint density at radius 3 is 2.29 bits per heavy atom. The van der Waals surface area contributed by atoms with E-state index in [1.807, 2.05) is 38.1 Å². The Morgan fingerprint density at radius 2 is 1.71 bits per heavy atom. The molecule has 0 spiro atoms. The molecule has 0 aliphatic heterocycles. The molecule has 8 heteroatoms. The number of nitrogens with one attached hydrogen (secondary N) is 1. The summed E-state index contributed by atoms with van der Waals surface area (Å²) in [6.45, 7) is 5.85. The first-order valence-electron chi connectivity index (χ1n) is 10.1. The van der Waals surface area contributed by atoms with Crippen LogP contribution in [0.1, 0.15) is 38.3 Å². The molecule has 0 heterocycles. The molecule has 0 aliphatic carbocycles. The van der Waals surface area contributed by atoms with Crippen molar-refractivity contribution in [3.8, 4) is 0 Å². The summed E-state index contributed by atoms with van der Waals surface area (Å²) in [6, 6.07) is 12.6. The third kappa shape index (κ3) is 8.01. The van der Waals surface area contributed by atoms with Crippen LogP contribution in [0.4, 0.5) is 0 Å². The highest BCUT2D eigenvalue weighted by Crippen LogP contribution is 2.27. The van der Waals surface area contributed by atoms with Gasteiger partial charge in [-0.2, -0.15) is 0 Å². The minimum absolute atomic E-state index is 0.0302. The lowest BCUT2D eigenvalue weighted by Crippen LogP contribution is -2.50. The molecule has 0 saturated heterocycles. The predicted molar refractivity (Wildman–Crippen MR) is 135 cm³/mol. The molecule has 0 fully saturated rings. The van der Waals surface area contributed by atoms with E-state index in [1.54, 1.807) is 30.0 Å². The van der Waals surface area contributed by atoms with Gasteiger partial charge in [0.25, 0.3) is 0 Å². The Morgan fingerprint density at radius 1 is 1.10 bits per heavy atom. The summed E-state index contributed by atoms with van der Waals surface area (Å²) >= 11 is 17.6. The van der Waals surface area contributed by atoms with Crippen molar-refractivity contribution in [3.63, 3.8) is 0 Å². The van der Waals surface area contributed by atoms with E-state index in [9.17, 15) is 9.59 Å². The highest BCUT2D eigenvalue weighted by molar-refractivity contribution is 9.10. The van der Waals surface area contributed by atoms with Gasteiger partial charge in [-0.3, -0.25) is 9.59 Å². The van der Waals surface area contributed by atoms with Gasteiger partial charge in [0.2, 0.25) is 11.8 Å². The van der Waals surface area contributed by atoms with E-state index < -0.39 is 6.04 Å². The summed E-state index contributed by atoms with van der Waals surface area (Å²) in [5.41, 5.74) is 1.77. The van der Waals surface area contributed by atoms with Crippen LogP contribution in [0.2, 0.25) is 10.0 Å². The Kier molecular flexibility index (Phi) is 10.7. The van der Waals surface area contributed by atoms with E-state index >= 15 is 0 Å². The number of carbonyl (C=O) groups excluding carboxylic acids is 2. The van der Waals surface area contributed by atoms with Gasteiger partial charge < -0.3 is 10.2 Å². The lowest BCUT2D eigenvalue weighted by atomic mass is 10.1. The van der Waals surface area contributed by atoms with Crippen molar-refractivity contribution in [1.82, 2.24) is 10.2 Å². The molecule has 2 rings (SSSR count). The number of carbonyl (C=O) groups is 2. The molecule has 0 aliphatic rings. The summed E-state index contributed by atoms with van der Waals surface area (Å²) < 4.78 is 1.02. The number of rotatable bonds is 10. The molecule has 0 saturated carbocycles. The largest absolute Gasteiger partial charge is 0.352 e. The van der Waals surface area contributed by atoms with Gasteiger partial charge in [0.1, 0.15) is 6.04 Å². The van der Waals surface area contributed by atoms with E-state index in [4.69, 9.17) is 23.2 Å². The van der Waals surface area contributed by atoms with Crippen molar-refractivity contribution < 1.29 is 9.59 Å². The second kappa shape index (κ2) is 12.7. The maximum Gasteiger partial charge on any atom is 0.242 e. The number of thioether (sulfide) groups is 1. The predicted octanol–water partition coefficient (Wildman–Crippen LogP) is 6.32. The lowest BCUT2D eigenvalue weighted by molar-refractivity contribution is -0.138. The van der Waals surface area contributed by atoms with Gasteiger partial charge in [0.15, 0.2) is 0 Å². The van der Waals surface area contributed by atoms with Gasteiger partial charge in [0.05, 0.1) is 5.75 Å². The van der Waals surface area contributed by atoms with Crippen LogP contribution in [0.3, 0.4) is 0 Å². The van der Waals surface area contributed by atoms with Crippen LogP contribution in [0, 0.1) is 0 Å². The van der Waals surface area contributed by atoms with Crippen molar-refractivity contribution >= 4 is 62.7 Å². The molecule has 4 nitrogen and oxygen atoms in total. The average Bonchev–Trinajstić information content (AvgIpc) is 2.74. The molecule has 2 atom stereocenters. The third-order valence-electron chi connectivity index (χ3n) is 4.97. The summed E-state index contributed by atoms with van der Waals surface area (Å²) in [5.74, 6) is 0.625. The van der Waals surface area contributed by atoms with Gasteiger partial charge in [-0.05, 0) is 50.1 Å². The number of halogens is 3. The van der Waals surface area contributed by atoms with Gasteiger partial charge in [-0.25, -0.2) is 0 Å². The fraction of sp³-hybridized carbons (Fsp3) is 0.391. The molecule has 2 aromatic carbocycles. The zero-order valence-corrected chi connectivity index (χ0v) is 21.7. The van der Waals surface area contributed by atoms with Crippen molar-refractivity contribution in [2.75, 3.05) is 5.75 Å². The smallest absolute Gasteiger partial charge is 0.242 e. The molecule has 0 radical (unpaired) electrons. The monoisotopic (exact) mass is 544 g/mol. The number of hydrogen-bond acceptors (Lipinski definition) is 3. The quantitative estimate of drug-likeness (QED) is 0.380. The highest BCUT2D eigenvalue weighted by Gasteiger charge is 2.27. The number of benzene rings is 2. The SMILES string of the molecule is CC[C@@H](C)NC(=O)[C@@H](C)N(Cc1c(Cl)cccc1Cl)C(=O)CSCc1ccc(Br)cc1. The van der Waals surface area contributed by atoms with Crippen LogP contribution in [0.15, 0.2) is 46.9 Å². The molecule has 2 amide bonds. The standard InChI is InChI=1S/C23H27BrCl2N2O2S/c1-4-15(2)27-23(30)16(3)28(12-19-20(25)6-5-7-21(19)26)22(29)14-31-13-17-8-10-18(24)11-9-17/h5-11,15-16H,4,12-14H2,1-3H3,(H,27,30)/t15-,16-/m1/s1. The first-order valence-corrected chi connectivity index (χ1v) is 12.8. The third-order valence-corrected chi connectivity index (χ3v) is 7.19. The van der Waals surface area contributed by atoms with E-state index in [2.05, 4.69) is 21.2 Å². The van der Waals surface area contributed by atoms with E-state index in [0.29, 0.717) is 21.4 Å². The van der Waals surface area contributed by atoms with Crippen LogP contribution >= 0.6 is 50.9 Å². The first kappa shape index (κ1) is 26.0. The Bertz CT molecular complexity index is 875. The van der Waals surface area contributed by atoms with Gasteiger partial charge in [-0.1, -0.05) is 64.3 Å². The van der Waals surface area contributed by atoms with E-state index in [0.717, 1.165) is 16.5 Å². The highest BCUT2D eigenvalue weighted by atomic mass is 79.9. The summed E-state index contributed by atoms with van der Waals surface area (Å²) in [4.78, 5) is 27.5. The minimum atomic E-state index is -0.651. The van der Waals surface area contributed by atoms with E-state index in [-0.39, 0.29) is 30.2 Å². The molecule has 168 valence electrons. The van der Waals surface area contributed by atoms with Crippen molar-refractivity contribution in [1.29, 1.82) is 0 Å². The van der Waals surface area contributed by atoms with Crippen LogP contribution < -0.4 is 5.32 Å². The molecule has 0 unspecified atom stereocenters. The molecule has 1 N–H and O–H groups in total. The number of amides is 2. The molecular weight excluding hydrogens is 519 g/mol. The van der Waals surface area contributed by atoms with Gasteiger partial charge in [-0.15, -0.1) is 11.8 Å². The van der Waals surface area contributed by atoms with Crippen molar-refractivity contribution in [3.05, 3.63) is 68.1 Å². The van der Waals surface area contributed by atoms with Crippen molar-refractivity contribution in [2.45, 2.75) is 51.6 Å². The summed E-state index contributed by atoms with van der Waals surface area (Å²) in [6.07, 6.45) is 0.811. The lowest BCUT2D eigenvalue weighted by Gasteiger charge is -2.30. The molecular formula is C23H27BrCl2N2O2S. The maximum atomic E-state index is 13.1. The zero-order chi connectivity index (χ0) is 23.0. The fourth-order valence-corrected chi connectivity index (χ4v) is 4.47.